The van der Waals surface area contributed by atoms with Crippen LogP contribution in [0.1, 0.15) is 24.0 Å². The molecule has 1 saturated carbocycles. The van der Waals surface area contributed by atoms with Crippen LogP contribution in [0, 0.1) is 0 Å². The lowest BCUT2D eigenvalue weighted by atomic mass is 10.0. The van der Waals surface area contributed by atoms with Gasteiger partial charge in [-0.2, -0.15) is 0 Å². The van der Waals surface area contributed by atoms with Gasteiger partial charge in [0.1, 0.15) is 11.5 Å². The average molecular weight is 320 g/mol. The summed E-state index contributed by atoms with van der Waals surface area (Å²) < 4.78 is 10.3. The molecule has 0 aromatic heterocycles. The maximum Gasteiger partial charge on any atom is 0.163 e. The minimum Gasteiger partial charge on any atom is -0.497 e. The highest BCUT2D eigenvalue weighted by Gasteiger charge is 2.22. The zero-order valence-electron chi connectivity index (χ0n) is 13.9. The monoisotopic (exact) mass is 320 g/mol. The molecule has 1 aliphatic rings. The van der Waals surface area contributed by atoms with Crippen LogP contribution >= 0.6 is 0 Å². The summed E-state index contributed by atoms with van der Waals surface area (Å²) in [7, 11) is 3.29. The van der Waals surface area contributed by atoms with Crippen molar-refractivity contribution in [3.05, 3.63) is 70.8 Å². The Morgan fingerprint density at radius 3 is 1.75 bits per heavy atom. The van der Waals surface area contributed by atoms with Gasteiger partial charge in [0.05, 0.1) is 14.2 Å². The lowest BCUT2D eigenvalue weighted by Crippen LogP contribution is -1.93. The Hall–Kier alpha value is -2.81. The minimum absolute atomic E-state index is 0.200. The minimum atomic E-state index is 0.200. The third-order valence-electron chi connectivity index (χ3n) is 4.15. The molecule has 3 nitrogen and oxygen atoms in total. The first-order valence-electron chi connectivity index (χ1n) is 7.93. The summed E-state index contributed by atoms with van der Waals surface area (Å²) in [4.78, 5) is 12.2. The Labute approximate surface area is 142 Å². The van der Waals surface area contributed by atoms with E-state index in [2.05, 4.69) is 6.08 Å². The molecular weight excluding hydrogens is 300 g/mol. The highest BCUT2D eigenvalue weighted by atomic mass is 16.5. The van der Waals surface area contributed by atoms with Gasteiger partial charge in [0, 0.05) is 12.0 Å². The van der Waals surface area contributed by atoms with Crippen LogP contribution < -0.4 is 9.47 Å². The number of ketones is 1. The molecule has 0 radical (unpaired) electrons. The average Bonchev–Trinajstić information content (AvgIpc) is 2.96. The lowest BCUT2D eigenvalue weighted by Gasteiger charge is -2.04. The number of hydrogen-bond donors (Lipinski definition) is 0. The van der Waals surface area contributed by atoms with Crippen LogP contribution in [0.4, 0.5) is 0 Å². The molecule has 0 saturated heterocycles. The molecule has 0 N–H and O–H groups in total. The number of allylic oxidation sites excluding steroid dienone is 2. The van der Waals surface area contributed by atoms with Gasteiger partial charge in [0.15, 0.2) is 5.78 Å². The van der Waals surface area contributed by atoms with Crippen LogP contribution in [0.25, 0.3) is 12.2 Å². The predicted molar refractivity (Wildman–Crippen MR) is 96.2 cm³/mol. The number of carbonyl (C=O) groups excluding carboxylic acids is 1. The van der Waals surface area contributed by atoms with Crippen molar-refractivity contribution < 1.29 is 14.3 Å². The molecule has 1 fully saturated rings. The normalized spacial score (nSPS) is 17.5. The summed E-state index contributed by atoms with van der Waals surface area (Å²) >= 11 is 0. The fourth-order valence-corrected chi connectivity index (χ4v) is 2.79. The molecular formula is C21H20O3. The summed E-state index contributed by atoms with van der Waals surface area (Å²) in [5.41, 5.74) is 3.96. The molecule has 0 spiro atoms. The molecule has 0 bridgehead atoms. The number of rotatable bonds is 4. The van der Waals surface area contributed by atoms with Gasteiger partial charge < -0.3 is 9.47 Å². The number of Topliss-reactive ketones (excluding diaryl/α,β-unsaturated/α-hetero) is 1. The summed E-state index contributed by atoms with van der Waals surface area (Å²) in [6.07, 6.45) is 5.40. The third kappa shape index (κ3) is 3.57. The van der Waals surface area contributed by atoms with Crippen molar-refractivity contribution in [2.45, 2.75) is 12.8 Å². The largest absolute Gasteiger partial charge is 0.497 e. The molecule has 1 aliphatic carbocycles. The van der Waals surface area contributed by atoms with Gasteiger partial charge in [0.25, 0.3) is 0 Å². The van der Waals surface area contributed by atoms with Crippen molar-refractivity contribution >= 4 is 17.9 Å². The quantitative estimate of drug-likeness (QED) is 0.776. The Kier molecular flexibility index (Phi) is 4.80. The van der Waals surface area contributed by atoms with Crippen LogP contribution in [-0.4, -0.2) is 20.0 Å². The SMILES string of the molecule is COc1ccc(C=C2CCC(=O)C2=Cc2ccc(OC)cc2)cc1. The Morgan fingerprint density at radius 1 is 0.750 bits per heavy atom. The van der Waals surface area contributed by atoms with Gasteiger partial charge in [0.2, 0.25) is 0 Å². The number of ether oxygens (including phenoxy) is 2. The molecule has 0 unspecified atom stereocenters. The van der Waals surface area contributed by atoms with Crippen molar-refractivity contribution in [2.24, 2.45) is 0 Å². The van der Waals surface area contributed by atoms with E-state index in [9.17, 15) is 4.79 Å². The van der Waals surface area contributed by atoms with Crippen LogP contribution in [0.2, 0.25) is 0 Å². The molecule has 2 aromatic carbocycles. The van der Waals surface area contributed by atoms with Gasteiger partial charge in [-0.15, -0.1) is 0 Å². The molecule has 24 heavy (non-hydrogen) atoms. The second kappa shape index (κ2) is 7.18. The van der Waals surface area contributed by atoms with Crippen LogP contribution in [0.15, 0.2) is 59.7 Å². The van der Waals surface area contributed by atoms with Crippen LogP contribution in [-0.2, 0) is 4.79 Å². The highest BCUT2D eigenvalue weighted by Crippen LogP contribution is 2.31. The third-order valence-corrected chi connectivity index (χ3v) is 4.15. The Morgan fingerprint density at radius 2 is 1.25 bits per heavy atom. The van der Waals surface area contributed by atoms with Crippen molar-refractivity contribution in [2.75, 3.05) is 14.2 Å². The van der Waals surface area contributed by atoms with Gasteiger partial charge in [-0.25, -0.2) is 0 Å². The molecule has 3 rings (SSSR count). The summed E-state index contributed by atoms with van der Waals surface area (Å²) in [6.45, 7) is 0. The van der Waals surface area contributed by atoms with Crippen molar-refractivity contribution in [1.82, 2.24) is 0 Å². The fraction of sp³-hybridized carbons (Fsp3) is 0.190. The maximum atomic E-state index is 12.2. The second-order valence-electron chi connectivity index (χ2n) is 5.70. The first-order valence-corrected chi connectivity index (χ1v) is 7.93. The molecule has 0 atom stereocenters. The Bertz CT molecular complexity index is 781. The molecule has 0 amide bonds. The lowest BCUT2D eigenvalue weighted by molar-refractivity contribution is -0.114. The predicted octanol–water partition coefficient (Wildman–Crippen LogP) is 4.53. The first-order chi connectivity index (χ1) is 11.7. The van der Waals surface area contributed by atoms with Crippen molar-refractivity contribution in [3.8, 4) is 11.5 Å². The Balaban J connectivity index is 1.90. The van der Waals surface area contributed by atoms with E-state index in [0.29, 0.717) is 6.42 Å². The standard InChI is InChI=1S/C21H20O3/c1-23-18-8-3-15(4-9-18)13-17-7-12-21(22)20(17)14-16-5-10-19(24-2)11-6-16/h3-6,8-11,13-14H,7,12H2,1-2H3. The first kappa shape index (κ1) is 16.1. The summed E-state index contributed by atoms with van der Waals surface area (Å²) in [5, 5.41) is 0. The van der Waals surface area contributed by atoms with E-state index in [0.717, 1.165) is 40.2 Å². The summed E-state index contributed by atoms with van der Waals surface area (Å²) in [6, 6.07) is 15.6. The van der Waals surface area contributed by atoms with Crippen LogP contribution in [0.5, 0.6) is 11.5 Å². The van der Waals surface area contributed by atoms with E-state index < -0.39 is 0 Å². The van der Waals surface area contributed by atoms with Gasteiger partial charge in [-0.3, -0.25) is 4.79 Å². The van der Waals surface area contributed by atoms with E-state index in [1.807, 2.05) is 54.6 Å². The number of carbonyl (C=O) groups is 1. The van der Waals surface area contributed by atoms with Crippen molar-refractivity contribution in [3.63, 3.8) is 0 Å². The highest BCUT2D eigenvalue weighted by molar-refractivity contribution is 6.08. The molecule has 3 heteroatoms. The smallest absolute Gasteiger partial charge is 0.163 e. The topological polar surface area (TPSA) is 35.5 Å². The van der Waals surface area contributed by atoms with E-state index in [-0.39, 0.29) is 5.78 Å². The maximum absolute atomic E-state index is 12.2. The molecule has 0 aliphatic heterocycles. The van der Waals surface area contributed by atoms with E-state index in [4.69, 9.17) is 9.47 Å². The van der Waals surface area contributed by atoms with Gasteiger partial charge in [-0.1, -0.05) is 30.3 Å². The number of hydrogen-bond acceptors (Lipinski definition) is 3. The van der Waals surface area contributed by atoms with Crippen molar-refractivity contribution in [1.29, 1.82) is 0 Å². The van der Waals surface area contributed by atoms with E-state index in [1.165, 1.54) is 0 Å². The van der Waals surface area contributed by atoms with Gasteiger partial charge >= 0.3 is 0 Å². The zero-order valence-corrected chi connectivity index (χ0v) is 13.9. The fourth-order valence-electron chi connectivity index (χ4n) is 2.79. The van der Waals surface area contributed by atoms with E-state index in [1.54, 1.807) is 14.2 Å². The van der Waals surface area contributed by atoms with Crippen LogP contribution in [0.3, 0.4) is 0 Å². The van der Waals surface area contributed by atoms with E-state index >= 15 is 0 Å². The molecule has 0 heterocycles. The zero-order chi connectivity index (χ0) is 16.9. The number of benzene rings is 2. The molecule has 2 aromatic rings. The summed E-state index contributed by atoms with van der Waals surface area (Å²) in [5.74, 6) is 1.84. The second-order valence-corrected chi connectivity index (χ2v) is 5.70. The number of methoxy groups -OCH3 is 2. The molecule has 122 valence electrons. The van der Waals surface area contributed by atoms with Gasteiger partial charge in [-0.05, 0) is 53.5 Å².